The summed E-state index contributed by atoms with van der Waals surface area (Å²) in [6, 6.07) is 6.08. The normalized spacial score (nSPS) is 20.2. The fourth-order valence-electron chi connectivity index (χ4n) is 3.29. The number of carbonyl (C=O) groups is 1. The van der Waals surface area contributed by atoms with Crippen LogP contribution >= 0.6 is 0 Å². The Kier molecular flexibility index (Phi) is 5.68. The van der Waals surface area contributed by atoms with Gasteiger partial charge >= 0.3 is 0 Å². The summed E-state index contributed by atoms with van der Waals surface area (Å²) in [5, 5.41) is 7.29. The van der Waals surface area contributed by atoms with Crippen molar-refractivity contribution in [1.82, 2.24) is 20.1 Å². The first kappa shape index (κ1) is 17.5. The predicted molar refractivity (Wildman–Crippen MR) is 95.3 cm³/mol. The van der Waals surface area contributed by atoms with Gasteiger partial charge in [0.25, 0.3) is 0 Å². The third kappa shape index (κ3) is 4.81. The number of nitrogens with one attached hydrogen (secondary N) is 1. The first-order valence-corrected chi connectivity index (χ1v) is 8.96. The summed E-state index contributed by atoms with van der Waals surface area (Å²) in [6.45, 7) is 1.96. The summed E-state index contributed by atoms with van der Waals surface area (Å²) in [5.41, 5.74) is 2.01. The number of hydrogen-bond donors (Lipinski definition) is 1. The van der Waals surface area contributed by atoms with E-state index in [4.69, 9.17) is 4.74 Å². The molecule has 1 N–H and O–H groups in total. The first-order valence-electron chi connectivity index (χ1n) is 8.96. The van der Waals surface area contributed by atoms with Crippen LogP contribution in [-0.4, -0.2) is 32.8 Å². The molecular weight excluding hydrogens is 316 g/mol. The Balaban J connectivity index is 1.39. The van der Waals surface area contributed by atoms with Gasteiger partial charge in [0.15, 0.2) is 0 Å². The largest absolute Gasteiger partial charge is 0.489 e. The van der Waals surface area contributed by atoms with E-state index >= 15 is 0 Å². The SMILES string of the molecule is Cc1ncccc1OC1CCC(NC(=O)CCc2ccnn2C)CC1. The molecule has 0 unspecified atom stereocenters. The van der Waals surface area contributed by atoms with E-state index in [1.54, 1.807) is 12.4 Å². The number of ether oxygens (including phenoxy) is 1. The smallest absolute Gasteiger partial charge is 0.220 e. The monoisotopic (exact) mass is 342 g/mol. The molecule has 2 aromatic rings. The van der Waals surface area contributed by atoms with E-state index in [9.17, 15) is 4.79 Å². The van der Waals surface area contributed by atoms with Crippen LogP contribution in [0.25, 0.3) is 0 Å². The average molecular weight is 342 g/mol. The topological polar surface area (TPSA) is 69.0 Å². The van der Waals surface area contributed by atoms with Crippen LogP contribution in [0, 0.1) is 6.92 Å². The molecule has 0 saturated heterocycles. The molecule has 1 aliphatic rings. The van der Waals surface area contributed by atoms with Crippen LogP contribution in [0.1, 0.15) is 43.5 Å². The zero-order chi connectivity index (χ0) is 17.6. The Morgan fingerprint density at radius 2 is 2.08 bits per heavy atom. The Labute approximate surface area is 148 Å². The fraction of sp³-hybridized carbons (Fsp3) is 0.526. The zero-order valence-electron chi connectivity index (χ0n) is 14.9. The lowest BCUT2D eigenvalue weighted by Crippen LogP contribution is -2.39. The molecule has 1 saturated carbocycles. The van der Waals surface area contributed by atoms with Gasteiger partial charge < -0.3 is 10.1 Å². The van der Waals surface area contributed by atoms with Gasteiger partial charge in [-0.15, -0.1) is 0 Å². The molecule has 1 fully saturated rings. The molecule has 134 valence electrons. The molecule has 0 bridgehead atoms. The van der Waals surface area contributed by atoms with E-state index in [0.717, 1.165) is 49.2 Å². The number of carbonyl (C=O) groups excluding carboxylic acids is 1. The highest BCUT2D eigenvalue weighted by atomic mass is 16.5. The molecule has 2 heterocycles. The first-order chi connectivity index (χ1) is 12.1. The minimum atomic E-state index is 0.119. The van der Waals surface area contributed by atoms with Crippen molar-refractivity contribution < 1.29 is 9.53 Å². The molecule has 2 aromatic heterocycles. The van der Waals surface area contributed by atoms with Gasteiger partial charge in [-0.1, -0.05) is 0 Å². The maximum Gasteiger partial charge on any atom is 0.220 e. The predicted octanol–water partition coefficient (Wildman–Crippen LogP) is 2.56. The Morgan fingerprint density at radius 1 is 1.28 bits per heavy atom. The van der Waals surface area contributed by atoms with Gasteiger partial charge in [-0.05, 0) is 57.2 Å². The van der Waals surface area contributed by atoms with Crippen LogP contribution in [0.2, 0.25) is 0 Å². The molecule has 1 amide bonds. The van der Waals surface area contributed by atoms with Crippen LogP contribution in [0.3, 0.4) is 0 Å². The highest BCUT2D eigenvalue weighted by Crippen LogP contribution is 2.25. The molecule has 0 aliphatic heterocycles. The third-order valence-corrected chi connectivity index (χ3v) is 4.82. The number of hydrogen-bond acceptors (Lipinski definition) is 4. The maximum absolute atomic E-state index is 12.2. The van der Waals surface area contributed by atoms with E-state index in [-0.39, 0.29) is 18.1 Å². The zero-order valence-corrected chi connectivity index (χ0v) is 14.9. The second-order valence-corrected chi connectivity index (χ2v) is 6.69. The summed E-state index contributed by atoms with van der Waals surface area (Å²) in [5.74, 6) is 0.986. The maximum atomic E-state index is 12.2. The lowest BCUT2D eigenvalue weighted by Gasteiger charge is -2.29. The van der Waals surface area contributed by atoms with Crippen LogP contribution in [0.4, 0.5) is 0 Å². The molecule has 6 heteroatoms. The molecule has 0 aromatic carbocycles. The lowest BCUT2D eigenvalue weighted by molar-refractivity contribution is -0.122. The Morgan fingerprint density at radius 3 is 2.76 bits per heavy atom. The van der Waals surface area contributed by atoms with Gasteiger partial charge in [0.1, 0.15) is 5.75 Å². The highest BCUT2D eigenvalue weighted by Gasteiger charge is 2.24. The van der Waals surface area contributed by atoms with Crippen molar-refractivity contribution in [2.45, 2.75) is 57.6 Å². The van der Waals surface area contributed by atoms with Crippen molar-refractivity contribution in [2.75, 3.05) is 0 Å². The van der Waals surface area contributed by atoms with Crippen LogP contribution in [-0.2, 0) is 18.3 Å². The van der Waals surface area contributed by atoms with E-state index in [1.165, 1.54) is 0 Å². The quantitative estimate of drug-likeness (QED) is 0.876. The summed E-state index contributed by atoms with van der Waals surface area (Å²) in [6.07, 6.45) is 8.82. The standard InChI is InChI=1S/C19H26N4O2/c1-14-18(4-3-12-20-14)25-17-8-5-15(6-9-17)22-19(24)10-7-16-11-13-21-23(16)2/h3-4,11-13,15,17H,5-10H2,1-2H3,(H,22,24). The third-order valence-electron chi connectivity index (χ3n) is 4.82. The van der Waals surface area contributed by atoms with E-state index in [2.05, 4.69) is 15.4 Å². The van der Waals surface area contributed by atoms with Gasteiger partial charge in [0.05, 0.1) is 11.8 Å². The number of pyridine rings is 1. The minimum Gasteiger partial charge on any atom is -0.489 e. The molecule has 0 atom stereocenters. The number of aromatic nitrogens is 3. The van der Waals surface area contributed by atoms with Crippen molar-refractivity contribution >= 4 is 5.91 Å². The van der Waals surface area contributed by atoms with Gasteiger partial charge in [0, 0.05) is 37.6 Å². The van der Waals surface area contributed by atoms with Crippen LogP contribution < -0.4 is 10.1 Å². The Bertz CT molecular complexity index is 705. The van der Waals surface area contributed by atoms with Crippen molar-refractivity contribution in [2.24, 2.45) is 7.05 Å². The molecule has 25 heavy (non-hydrogen) atoms. The van der Waals surface area contributed by atoms with E-state index in [1.807, 2.05) is 36.9 Å². The van der Waals surface area contributed by atoms with Crippen molar-refractivity contribution in [1.29, 1.82) is 0 Å². The van der Waals surface area contributed by atoms with Crippen molar-refractivity contribution in [3.8, 4) is 5.75 Å². The Hall–Kier alpha value is -2.37. The van der Waals surface area contributed by atoms with E-state index in [0.29, 0.717) is 6.42 Å². The fourth-order valence-corrected chi connectivity index (χ4v) is 3.29. The van der Waals surface area contributed by atoms with Crippen molar-refractivity contribution in [3.05, 3.63) is 42.0 Å². The molecule has 0 radical (unpaired) electrons. The van der Waals surface area contributed by atoms with Crippen LogP contribution in [0.5, 0.6) is 5.75 Å². The second kappa shape index (κ2) is 8.14. The minimum absolute atomic E-state index is 0.119. The number of rotatable bonds is 6. The van der Waals surface area contributed by atoms with Gasteiger partial charge in [-0.2, -0.15) is 5.10 Å². The summed E-state index contributed by atoms with van der Waals surface area (Å²) in [7, 11) is 1.90. The summed E-state index contributed by atoms with van der Waals surface area (Å²) < 4.78 is 7.88. The van der Waals surface area contributed by atoms with Gasteiger partial charge in [-0.25, -0.2) is 0 Å². The van der Waals surface area contributed by atoms with Crippen LogP contribution in [0.15, 0.2) is 30.6 Å². The van der Waals surface area contributed by atoms with Crippen molar-refractivity contribution in [3.63, 3.8) is 0 Å². The molecule has 3 rings (SSSR count). The number of amides is 1. The number of aryl methyl sites for hydroxylation is 3. The van der Waals surface area contributed by atoms with Gasteiger partial charge in [0.2, 0.25) is 5.91 Å². The second-order valence-electron chi connectivity index (χ2n) is 6.69. The summed E-state index contributed by atoms with van der Waals surface area (Å²) >= 11 is 0. The van der Waals surface area contributed by atoms with E-state index < -0.39 is 0 Å². The average Bonchev–Trinajstić information content (AvgIpc) is 3.02. The summed E-state index contributed by atoms with van der Waals surface area (Å²) in [4.78, 5) is 16.4. The lowest BCUT2D eigenvalue weighted by atomic mass is 9.92. The number of nitrogens with zero attached hydrogens (tertiary/aromatic N) is 3. The molecule has 0 spiro atoms. The molecular formula is C19H26N4O2. The van der Waals surface area contributed by atoms with Gasteiger partial charge in [-0.3, -0.25) is 14.5 Å². The molecule has 1 aliphatic carbocycles. The highest BCUT2D eigenvalue weighted by molar-refractivity contribution is 5.76. The molecule has 6 nitrogen and oxygen atoms in total.